The predicted octanol–water partition coefficient (Wildman–Crippen LogP) is 1.62. The number of esters is 1. The van der Waals surface area contributed by atoms with Gasteiger partial charge in [-0.3, -0.25) is 19.2 Å². The average molecular weight is 539 g/mol. The first-order valence-corrected chi connectivity index (χ1v) is 12.9. The fourth-order valence-corrected chi connectivity index (χ4v) is 4.18. The van der Waals surface area contributed by atoms with Crippen LogP contribution in [-0.2, 0) is 35.1 Å². The van der Waals surface area contributed by atoms with Gasteiger partial charge in [-0.1, -0.05) is 36.4 Å². The van der Waals surface area contributed by atoms with Gasteiger partial charge in [0, 0.05) is 37.8 Å². The van der Waals surface area contributed by atoms with E-state index in [1.807, 2.05) is 30.3 Å². The second kappa shape index (κ2) is 14.6. The molecule has 11 nitrogen and oxygen atoms in total. The Hall–Kier alpha value is -4.25. The van der Waals surface area contributed by atoms with Crippen molar-refractivity contribution in [3.8, 4) is 0 Å². The molecule has 1 saturated heterocycles. The van der Waals surface area contributed by atoms with E-state index in [9.17, 15) is 24.0 Å². The predicted molar refractivity (Wildman–Crippen MR) is 144 cm³/mol. The molecule has 2 heterocycles. The molecule has 0 spiro atoms. The molecular formula is C28H34N4O7. The topological polar surface area (TPSA) is 159 Å². The van der Waals surface area contributed by atoms with Crippen molar-refractivity contribution in [1.29, 1.82) is 0 Å². The summed E-state index contributed by atoms with van der Waals surface area (Å²) in [4.78, 5) is 62.9. The van der Waals surface area contributed by atoms with Crippen LogP contribution in [0.3, 0.4) is 0 Å². The van der Waals surface area contributed by atoms with Gasteiger partial charge in [-0.2, -0.15) is 0 Å². The zero-order valence-electron chi connectivity index (χ0n) is 21.8. The molecule has 3 amide bonds. The van der Waals surface area contributed by atoms with Crippen molar-refractivity contribution in [1.82, 2.24) is 9.88 Å². The van der Waals surface area contributed by atoms with E-state index >= 15 is 0 Å². The normalized spacial score (nSPS) is 16.4. The number of carbonyl (C=O) groups is 4. The van der Waals surface area contributed by atoms with Crippen LogP contribution in [0.1, 0.15) is 44.2 Å². The minimum absolute atomic E-state index is 0.0244. The Balaban J connectivity index is 1.89. The van der Waals surface area contributed by atoms with Gasteiger partial charge in [0.2, 0.25) is 11.8 Å². The van der Waals surface area contributed by atoms with Crippen LogP contribution in [-0.4, -0.2) is 53.6 Å². The van der Waals surface area contributed by atoms with Crippen LogP contribution < -0.4 is 21.9 Å². The second-order valence-corrected chi connectivity index (χ2v) is 9.06. The fraction of sp³-hybridized carbons (Fsp3) is 0.393. The maximum atomic E-state index is 13.6. The maximum absolute atomic E-state index is 13.6. The number of ether oxygens (including phenoxy) is 2. The summed E-state index contributed by atoms with van der Waals surface area (Å²) < 4.78 is 11.6. The number of amides is 3. The summed E-state index contributed by atoms with van der Waals surface area (Å²) in [6.45, 7) is 2.34. The molecule has 1 aliphatic rings. The lowest BCUT2D eigenvalue weighted by molar-refractivity contribution is -0.137. The van der Waals surface area contributed by atoms with Gasteiger partial charge in [-0.15, -0.1) is 0 Å². The van der Waals surface area contributed by atoms with Gasteiger partial charge in [-0.25, -0.2) is 4.79 Å². The number of primary amides is 1. The van der Waals surface area contributed by atoms with Crippen LogP contribution in [0.4, 0.5) is 5.69 Å². The summed E-state index contributed by atoms with van der Waals surface area (Å²) in [6, 6.07) is 10.5. The molecule has 0 unspecified atom stereocenters. The minimum atomic E-state index is -1.01. The first kappa shape index (κ1) is 29.3. The zero-order valence-corrected chi connectivity index (χ0v) is 21.8. The summed E-state index contributed by atoms with van der Waals surface area (Å²) >= 11 is 0. The van der Waals surface area contributed by atoms with E-state index in [1.54, 1.807) is 13.0 Å². The number of benzene rings is 1. The van der Waals surface area contributed by atoms with E-state index in [2.05, 4.69) is 10.6 Å². The molecule has 39 heavy (non-hydrogen) atoms. The van der Waals surface area contributed by atoms with Crippen molar-refractivity contribution < 1.29 is 28.7 Å². The average Bonchev–Trinajstić information content (AvgIpc) is 3.46. The molecule has 1 aromatic carbocycles. The smallest absolute Gasteiger partial charge is 0.330 e. The molecule has 3 rings (SSSR count). The number of anilines is 1. The molecule has 0 bridgehead atoms. The molecule has 1 aromatic heterocycles. The van der Waals surface area contributed by atoms with Crippen molar-refractivity contribution >= 4 is 29.4 Å². The lowest BCUT2D eigenvalue weighted by atomic mass is 10.0. The van der Waals surface area contributed by atoms with Gasteiger partial charge in [0.15, 0.2) is 0 Å². The number of nitrogens with two attached hydrogens (primary N) is 1. The Labute approximate surface area is 226 Å². The van der Waals surface area contributed by atoms with Crippen molar-refractivity contribution in [2.45, 2.75) is 57.2 Å². The lowest BCUT2D eigenvalue weighted by Gasteiger charge is -2.23. The van der Waals surface area contributed by atoms with Gasteiger partial charge in [-0.05, 0) is 43.9 Å². The molecule has 208 valence electrons. The number of pyridine rings is 1. The van der Waals surface area contributed by atoms with Crippen molar-refractivity contribution in [3.05, 3.63) is 76.7 Å². The minimum Gasteiger partial charge on any atom is -0.463 e. The van der Waals surface area contributed by atoms with Crippen molar-refractivity contribution in [2.24, 2.45) is 5.73 Å². The van der Waals surface area contributed by atoms with Gasteiger partial charge in [0.25, 0.3) is 11.5 Å². The van der Waals surface area contributed by atoms with E-state index < -0.39 is 47.4 Å². The van der Waals surface area contributed by atoms with E-state index in [0.29, 0.717) is 13.0 Å². The fourth-order valence-electron chi connectivity index (χ4n) is 4.18. The van der Waals surface area contributed by atoms with Gasteiger partial charge in [0.1, 0.15) is 17.8 Å². The number of rotatable bonds is 13. The molecule has 3 atom stereocenters. The zero-order chi connectivity index (χ0) is 28.2. The molecule has 4 N–H and O–H groups in total. The molecular weight excluding hydrogens is 504 g/mol. The van der Waals surface area contributed by atoms with E-state index in [-0.39, 0.29) is 31.6 Å². The molecule has 0 aliphatic carbocycles. The van der Waals surface area contributed by atoms with Crippen LogP contribution in [0.5, 0.6) is 0 Å². The molecule has 0 saturated carbocycles. The Kier molecular flexibility index (Phi) is 11.0. The first-order valence-electron chi connectivity index (χ1n) is 12.9. The van der Waals surface area contributed by atoms with E-state index in [0.717, 1.165) is 12.0 Å². The first-order chi connectivity index (χ1) is 18.8. The third-order valence-corrected chi connectivity index (χ3v) is 6.15. The number of nitrogens with one attached hydrogen (secondary N) is 2. The van der Waals surface area contributed by atoms with Crippen LogP contribution in [0, 0.1) is 0 Å². The Bertz CT molecular complexity index is 1240. The summed E-state index contributed by atoms with van der Waals surface area (Å²) in [5, 5.41) is 5.44. The lowest BCUT2D eigenvalue weighted by Crippen LogP contribution is -2.43. The number of carbonyl (C=O) groups excluding carboxylic acids is 4. The Morgan fingerprint density at radius 1 is 1.18 bits per heavy atom. The molecule has 1 fully saturated rings. The Morgan fingerprint density at radius 2 is 1.95 bits per heavy atom. The second-order valence-electron chi connectivity index (χ2n) is 9.06. The molecule has 11 heteroatoms. The van der Waals surface area contributed by atoms with Crippen LogP contribution in [0.15, 0.2) is 65.6 Å². The summed E-state index contributed by atoms with van der Waals surface area (Å²) in [5.41, 5.74) is 5.56. The van der Waals surface area contributed by atoms with Crippen LogP contribution in [0.25, 0.3) is 0 Å². The number of hydrogen-bond donors (Lipinski definition) is 3. The number of hydrogen-bond acceptors (Lipinski definition) is 7. The highest BCUT2D eigenvalue weighted by molar-refractivity contribution is 5.94. The number of nitrogens with zero attached hydrogens (tertiary/aromatic N) is 1. The standard InChI is InChI=1S/C28H34N4O7/c1-2-38-25(34)15-13-20(12-14-24(29)33)30-26(35)22(18-19-8-4-3-5-9-19)32-16-6-10-21(28(32)37)31-27(36)23-11-7-17-39-23/h3-6,8-10,13,15-16,20,22-23H,2,7,11-12,14,17-18H2,1H3,(H2,29,33)(H,30,35)(H,31,36)/b15-13+/t20-,22-,23+/m0/s1. The summed E-state index contributed by atoms with van der Waals surface area (Å²) in [6.07, 6.45) is 5.06. The summed E-state index contributed by atoms with van der Waals surface area (Å²) in [5.74, 6) is -2.10. The number of aromatic nitrogens is 1. The largest absolute Gasteiger partial charge is 0.463 e. The summed E-state index contributed by atoms with van der Waals surface area (Å²) in [7, 11) is 0. The van der Waals surface area contributed by atoms with Crippen molar-refractivity contribution in [3.63, 3.8) is 0 Å². The maximum Gasteiger partial charge on any atom is 0.330 e. The molecule has 0 radical (unpaired) electrons. The van der Waals surface area contributed by atoms with E-state index in [4.69, 9.17) is 15.2 Å². The highest BCUT2D eigenvalue weighted by Gasteiger charge is 2.27. The monoisotopic (exact) mass is 538 g/mol. The van der Waals surface area contributed by atoms with Gasteiger partial charge < -0.3 is 30.4 Å². The molecule has 2 aromatic rings. The van der Waals surface area contributed by atoms with Crippen molar-refractivity contribution in [2.75, 3.05) is 18.5 Å². The van der Waals surface area contributed by atoms with Crippen LogP contribution in [0.2, 0.25) is 0 Å². The highest BCUT2D eigenvalue weighted by atomic mass is 16.5. The van der Waals surface area contributed by atoms with Gasteiger partial charge >= 0.3 is 5.97 Å². The SMILES string of the molecule is CCOC(=O)/C=C/[C@H](CCC(N)=O)NC(=O)[C@H](Cc1ccccc1)n1cccc(NC(=O)[C@H]2CCCO2)c1=O. The van der Waals surface area contributed by atoms with Gasteiger partial charge in [0.05, 0.1) is 6.61 Å². The third-order valence-electron chi connectivity index (χ3n) is 6.15. The third kappa shape index (κ3) is 8.92. The van der Waals surface area contributed by atoms with E-state index in [1.165, 1.54) is 29.0 Å². The highest BCUT2D eigenvalue weighted by Crippen LogP contribution is 2.17. The quantitative estimate of drug-likeness (QED) is 0.258. The van der Waals surface area contributed by atoms with Crippen LogP contribution >= 0.6 is 0 Å². The Morgan fingerprint density at radius 3 is 2.62 bits per heavy atom. The molecule has 1 aliphatic heterocycles.